The largest absolute Gasteiger partial charge is 0.388 e. The van der Waals surface area contributed by atoms with Crippen LogP contribution in [0.1, 0.15) is 12.7 Å². The molecular formula is C11H11ClN4O3. The molecule has 0 atom stereocenters. The minimum atomic E-state index is -0.519. The van der Waals surface area contributed by atoms with Crippen LogP contribution in [0.15, 0.2) is 18.2 Å². The van der Waals surface area contributed by atoms with Gasteiger partial charge in [0, 0.05) is 17.6 Å². The van der Waals surface area contributed by atoms with E-state index < -0.39 is 4.92 Å². The Hall–Kier alpha value is -1.99. The van der Waals surface area contributed by atoms with Gasteiger partial charge in [-0.05, 0) is 19.1 Å². The molecule has 1 aromatic heterocycles. The molecule has 100 valence electrons. The molecular weight excluding hydrogens is 272 g/mol. The molecule has 1 aromatic carbocycles. The predicted molar refractivity (Wildman–Crippen MR) is 68.7 cm³/mol. The monoisotopic (exact) mass is 282 g/mol. The van der Waals surface area contributed by atoms with Crippen molar-refractivity contribution in [3.63, 3.8) is 0 Å². The number of aromatic nitrogens is 3. The maximum atomic E-state index is 11.1. The van der Waals surface area contributed by atoms with Crippen LogP contribution in [-0.2, 0) is 13.2 Å². The Bertz CT molecular complexity index is 626. The minimum Gasteiger partial charge on any atom is -0.388 e. The summed E-state index contributed by atoms with van der Waals surface area (Å²) in [6.07, 6.45) is 0. The second-order valence-corrected chi connectivity index (χ2v) is 4.20. The number of halogens is 1. The lowest BCUT2D eigenvalue weighted by atomic mass is 10.1. The SMILES string of the molecule is CCn1c(CO)nnc1-c1ccc(Cl)cc1[N+](=O)[O-]. The van der Waals surface area contributed by atoms with E-state index in [1.54, 1.807) is 10.6 Å². The standard InChI is InChI=1S/C11H11ClN4O3/c1-2-15-10(6-17)13-14-11(15)8-4-3-7(12)5-9(8)16(18)19/h3-5,17H,2,6H2,1H3. The molecule has 2 aromatic rings. The first-order valence-electron chi connectivity index (χ1n) is 5.55. The predicted octanol–water partition coefficient (Wildman–Crippen LogP) is 2.02. The van der Waals surface area contributed by atoms with Crippen molar-refractivity contribution >= 4 is 17.3 Å². The Morgan fingerprint density at radius 2 is 2.21 bits per heavy atom. The molecule has 0 unspecified atom stereocenters. The van der Waals surface area contributed by atoms with Gasteiger partial charge in [-0.15, -0.1) is 10.2 Å². The zero-order valence-corrected chi connectivity index (χ0v) is 10.8. The molecule has 0 saturated carbocycles. The number of benzene rings is 1. The summed E-state index contributed by atoms with van der Waals surface area (Å²) in [6.45, 7) is 2.06. The highest BCUT2D eigenvalue weighted by atomic mass is 35.5. The fourth-order valence-corrected chi connectivity index (χ4v) is 2.00. The van der Waals surface area contributed by atoms with Gasteiger partial charge in [0.2, 0.25) is 0 Å². The van der Waals surface area contributed by atoms with Crippen LogP contribution in [-0.4, -0.2) is 24.8 Å². The summed E-state index contributed by atoms with van der Waals surface area (Å²) in [6, 6.07) is 4.35. The van der Waals surface area contributed by atoms with Gasteiger partial charge in [0.05, 0.1) is 10.5 Å². The highest BCUT2D eigenvalue weighted by Gasteiger charge is 2.21. The lowest BCUT2D eigenvalue weighted by Gasteiger charge is -2.06. The average Bonchev–Trinajstić information content (AvgIpc) is 2.81. The smallest absolute Gasteiger partial charge is 0.281 e. The Kier molecular flexibility index (Phi) is 3.77. The summed E-state index contributed by atoms with van der Waals surface area (Å²) in [5.74, 6) is 0.705. The van der Waals surface area contributed by atoms with Crippen molar-refractivity contribution in [2.24, 2.45) is 0 Å². The zero-order valence-electron chi connectivity index (χ0n) is 10.1. The van der Waals surface area contributed by atoms with E-state index in [0.29, 0.717) is 23.8 Å². The topological polar surface area (TPSA) is 94.1 Å². The molecule has 0 aliphatic rings. The van der Waals surface area contributed by atoms with E-state index in [0.717, 1.165) is 0 Å². The van der Waals surface area contributed by atoms with Gasteiger partial charge in [0.15, 0.2) is 11.6 Å². The third-order valence-electron chi connectivity index (χ3n) is 2.68. The number of rotatable bonds is 4. The summed E-state index contributed by atoms with van der Waals surface area (Å²) < 4.78 is 1.62. The summed E-state index contributed by atoms with van der Waals surface area (Å²) in [5.41, 5.74) is 0.183. The maximum absolute atomic E-state index is 11.1. The van der Waals surface area contributed by atoms with E-state index in [2.05, 4.69) is 10.2 Å². The van der Waals surface area contributed by atoms with Gasteiger partial charge in [0.1, 0.15) is 6.61 Å². The van der Waals surface area contributed by atoms with Crippen molar-refractivity contribution in [2.75, 3.05) is 0 Å². The Morgan fingerprint density at radius 3 is 2.79 bits per heavy atom. The molecule has 0 aliphatic heterocycles. The Labute approximate surface area is 113 Å². The number of nitrogens with zero attached hydrogens (tertiary/aromatic N) is 4. The molecule has 0 saturated heterocycles. The second-order valence-electron chi connectivity index (χ2n) is 3.76. The second kappa shape index (κ2) is 5.33. The molecule has 0 bridgehead atoms. The summed E-state index contributed by atoms with van der Waals surface area (Å²) in [5, 5.41) is 28.2. The fourth-order valence-electron chi connectivity index (χ4n) is 1.83. The van der Waals surface area contributed by atoms with Crippen LogP contribution in [0.25, 0.3) is 11.4 Å². The van der Waals surface area contributed by atoms with E-state index in [9.17, 15) is 10.1 Å². The Morgan fingerprint density at radius 1 is 1.47 bits per heavy atom. The molecule has 0 spiro atoms. The summed E-state index contributed by atoms with van der Waals surface area (Å²) in [7, 11) is 0. The summed E-state index contributed by atoms with van der Waals surface area (Å²) >= 11 is 5.77. The zero-order chi connectivity index (χ0) is 14.0. The first kappa shape index (κ1) is 13.4. The van der Waals surface area contributed by atoms with Gasteiger partial charge in [-0.3, -0.25) is 10.1 Å². The first-order valence-corrected chi connectivity index (χ1v) is 5.93. The number of aliphatic hydroxyl groups is 1. The highest BCUT2D eigenvalue weighted by Crippen LogP contribution is 2.31. The average molecular weight is 283 g/mol. The van der Waals surface area contributed by atoms with Crippen LogP contribution in [0.3, 0.4) is 0 Å². The molecule has 2 rings (SSSR count). The van der Waals surface area contributed by atoms with Crippen molar-refractivity contribution in [1.82, 2.24) is 14.8 Å². The van der Waals surface area contributed by atoms with E-state index >= 15 is 0 Å². The van der Waals surface area contributed by atoms with Crippen LogP contribution in [0.5, 0.6) is 0 Å². The first-order chi connectivity index (χ1) is 9.08. The molecule has 0 aliphatic carbocycles. The van der Waals surface area contributed by atoms with Crippen LogP contribution in [0, 0.1) is 10.1 Å². The van der Waals surface area contributed by atoms with Crippen LogP contribution >= 0.6 is 11.6 Å². The maximum Gasteiger partial charge on any atom is 0.281 e. The third kappa shape index (κ3) is 2.42. The molecule has 1 N–H and O–H groups in total. The van der Waals surface area contributed by atoms with Gasteiger partial charge in [-0.1, -0.05) is 11.6 Å². The number of aliphatic hydroxyl groups excluding tert-OH is 1. The van der Waals surface area contributed by atoms with Gasteiger partial charge >= 0.3 is 0 Å². The Balaban J connectivity index is 2.65. The fraction of sp³-hybridized carbons (Fsp3) is 0.273. The quantitative estimate of drug-likeness (QED) is 0.684. The molecule has 8 heteroatoms. The lowest BCUT2D eigenvalue weighted by Crippen LogP contribution is -2.04. The van der Waals surface area contributed by atoms with Crippen molar-refractivity contribution in [3.8, 4) is 11.4 Å². The van der Waals surface area contributed by atoms with Crippen molar-refractivity contribution in [2.45, 2.75) is 20.1 Å². The van der Waals surface area contributed by atoms with E-state index in [4.69, 9.17) is 16.7 Å². The van der Waals surface area contributed by atoms with Crippen molar-refractivity contribution < 1.29 is 10.0 Å². The highest BCUT2D eigenvalue weighted by molar-refractivity contribution is 6.30. The minimum absolute atomic E-state index is 0.140. The van der Waals surface area contributed by atoms with Gasteiger partial charge in [-0.2, -0.15) is 0 Å². The van der Waals surface area contributed by atoms with Gasteiger partial charge in [-0.25, -0.2) is 0 Å². The van der Waals surface area contributed by atoms with Gasteiger partial charge < -0.3 is 9.67 Å². The van der Waals surface area contributed by atoms with Crippen LogP contribution in [0.2, 0.25) is 5.02 Å². The normalized spacial score (nSPS) is 10.7. The van der Waals surface area contributed by atoms with E-state index in [-0.39, 0.29) is 17.3 Å². The third-order valence-corrected chi connectivity index (χ3v) is 2.92. The number of hydrogen-bond donors (Lipinski definition) is 1. The van der Waals surface area contributed by atoms with Crippen molar-refractivity contribution in [3.05, 3.63) is 39.2 Å². The number of nitro benzene ring substituents is 1. The number of nitro groups is 1. The van der Waals surface area contributed by atoms with E-state index in [1.807, 2.05) is 6.92 Å². The molecule has 7 nitrogen and oxygen atoms in total. The molecule has 19 heavy (non-hydrogen) atoms. The molecule has 0 fully saturated rings. The van der Waals surface area contributed by atoms with Crippen LogP contribution < -0.4 is 0 Å². The van der Waals surface area contributed by atoms with Gasteiger partial charge in [0.25, 0.3) is 5.69 Å². The van der Waals surface area contributed by atoms with Crippen molar-refractivity contribution in [1.29, 1.82) is 0 Å². The lowest BCUT2D eigenvalue weighted by molar-refractivity contribution is -0.384. The van der Waals surface area contributed by atoms with E-state index in [1.165, 1.54) is 12.1 Å². The molecule has 0 radical (unpaired) electrons. The number of hydrogen-bond acceptors (Lipinski definition) is 5. The van der Waals surface area contributed by atoms with Crippen LogP contribution in [0.4, 0.5) is 5.69 Å². The molecule has 0 amide bonds. The molecule has 1 heterocycles. The summed E-state index contributed by atoms with van der Waals surface area (Å²) in [4.78, 5) is 10.5.